The van der Waals surface area contributed by atoms with E-state index in [1.807, 2.05) is 31.2 Å². The number of pyridine rings is 1. The van der Waals surface area contributed by atoms with Gasteiger partial charge in [0.1, 0.15) is 10.9 Å². The van der Waals surface area contributed by atoms with Crippen LogP contribution in [0.3, 0.4) is 0 Å². The highest BCUT2D eigenvalue weighted by Gasteiger charge is 2.00. The van der Waals surface area contributed by atoms with Gasteiger partial charge in [-0.3, -0.25) is 0 Å². The molecule has 0 fully saturated rings. The molecule has 0 saturated heterocycles. The molecule has 2 aromatic rings. The number of fused-ring (bicyclic) bond motifs is 1. The van der Waals surface area contributed by atoms with Gasteiger partial charge in [-0.2, -0.15) is 0 Å². The molecule has 1 aromatic carbocycles. The van der Waals surface area contributed by atoms with Gasteiger partial charge in [0.15, 0.2) is 0 Å². The van der Waals surface area contributed by atoms with Crippen LogP contribution in [-0.2, 0) is 0 Å². The van der Waals surface area contributed by atoms with Crippen LogP contribution in [0.4, 0.5) is 0 Å². The monoisotopic (exact) mass is 207 g/mol. The molecule has 0 radical (unpaired) electrons. The van der Waals surface area contributed by atoms with Crippen molar-refractivity contribution in [2.24, 2.45) is 0 Å². The fourth-order valence-corrected chi connectivity index (χ4v) is 1.60. The maximum atomic E-state index is 5.93. The lowest BCUT2D eigenvalue weighted by Crippen LogP contribution is -1.90. The van der Waals surface area contributed by atoms with Gasteiger partial charge in [-0.1, -0.05) is 11.6 Å². The van der Waals surface area contributed by atoms with Crippen molar-refractivity contribution in [3.8, 4) is 5.75 Å². The molecule has 0 atom stereocenters. The van der Waals surface area contributed by atoms with E-state index in [4.69, 9.17) is 16.3 Å². The molecule has 3 heteroatoms. The number of hydrogen-bond acceptors (Lipinski definition) is 2. The lowest BCUT2D eigenvalue weighted by Gasteiger charge is -2.04. The van der Waals surface area contributed by atoms with Gasteiger partial charge in [-0.05, 0) is 36.6 Å². The molecule has 0 aliphatic heterocycles. The smallest absolute Gasteiger partial charge is 0.136 e. The first kappa shape index (κ1) is 9.28. The molecule has 0 bridgehead atoms. The Morgan fingerprint density at radius 3 is 3.00 bits per heavy atom. The fourth-order valence-electron chi connectivity index (χ4n) is 1.38. The van der Waals surface area contributed by atoms with Gasteiger partial charge in [-0.15, -0.1) is 0 Å². The van der Waals surface area contributed by atoms with Gasteiger partial charge < -0.3 is 4.74 Å². The van der Waals surface area contributed by atoms with Crippen LogP contribution < -0.4 is 4.74 Å². The van der Waals surface area contributed by atoms with Crippen LogP contribution in [0.2, 0.25) is 5.15 Å². The van der Waals surface area contributed by atoms with Gasteiger partial charge >= 0.3 is 0 Å². The van der Waals surface area contributed by atoms with Crippen molar-refractivity contribution in [2.45, 2.75) is 6.92 Å². The molecular formula is C11H10ClNO. The molecule has 2 nitrogen and oxygen atoms in total. The van der Waals surface area contributed by atoms with E-state index >= 15 is 0 Å². The maximum absolute atomic E-state index is 5.93. The number of halogens is 1. The van der Waals surface area contributed by atoms with E-state index in [0.29, 0.717) is 11.8 Å². The Balaban J connectivity index is 2.56. The summed E-state index contributed by atoms with van der Waals surface area (Å²) >= 11 is 5.93. The average molecular weight is 208 g/mol. The lowest BCUT2D eigenvalue weighted by molar-refractivity contribution is 0.341. The fraction of sp³-hybridized carbons (Fsp3) is 0.182. The van der Waals surface area contributed by atoms with Gasteiger partial charge in [0.25, 0.3) is 0 Å². The largest absolute Gasteiger partial charge is 0.494 e. The number of ether oxygens (including phenoxy) is 1. The number of hydrogen-bond donors (Lipinski definition) is 0. The Hall–Kier alpha value is -1.28. The van der Waals surface area contributed by atoms with Gasteiger partial charge in [0.2, 0.25) is 0 Å². The van der Waals surface area contributed by atoms with E-state index in [9.17, 15) is 0 Å². The SMILES string of the molecule is CCOc1ccc2c(Cl)nccc2c1. The summed E-state index contributed by atoms with van der Waals surface area (Å²) in [6.07, 6.45) is 1.69. The molecule has 14 heavy (non-hydrogen) atoms. The first-order valence-corrected chi connectivity index (χ1v) is 4.86. The van der Waals surface area contributed by atoms with Gasteiger partial charge in [0, 0.05) is 11.6 Å². The Morgan fingerprint density at radius 1 is 1.36 bits per heavy atom. The van der Waals surface area contributed by atoms with E-state index in [0.717, 1.165) is 16.5 Å². The van der Waals surface area contributed by atoms with Crippen LogP contribution in [0.1, 0.15) is 6.92 Å². The first-order valence-electron chi connectivity index (χ1n) is 4.48. The van der Waals surface area contributed by atoms with E-state index in [-0.39, 0.29) is 0 Å². The molecule has 1 aromatic heterocycles. The minimum atomic E-state index is 0.533. The van der Waals surface area contributed by atoms with E-state index < -0.39 is 0 Å². The van der Waals surface area contributed by atoms with Crippen LogP contribution >= 0.6 is 11.6 Å². The number of nitrogens with zero attached hydrogens (tertiary/aromatic N) is 1. The third-order valence-electron chi connectivity index (χ3n) is 2.00. The predicted molar refractivity (Wildman–Crippen MR) is 57.9 cm³/mol. The van der Waals surface area contributed by atoms with Crippen molar-refractivity contribution in [3.05, 3.63) is 35.6 Å². The van der Waals surface area contributed by atoms with Crippen molar-refractivity contribution >= 4 is 22.4 Å². The molecule has 0 N–H and O–H groups in total. The minimum absolute atomic E-state index is 0.533. The Morgan fingerprint density at radius 2 is 2.21 bits per heavy atom. The highest BCUT2D eigenvalue weighted by atomic mass is 35.5. The molecule has 0 unspecified atom stereocenters. The van der Waals surface area contributed by atoms with E-state index in [1.54, 1.807) is 6.20 Å². The highest BCUT2D eigenvalue weighted by molar-refractivity contribution is 6.34. The normalized spacial score (nSPS) is 10.4. The summed E-state index contributed by atoms with van der Waals surface area (Å²) in [6, 6.07) is 7.71. The van der Waals surface area contributed by atoms with E-state index in [2.05, 4.69) is 4.98 Å². The third kappa shape index (κ3) is 1.66. The quantitative estimate of drug-likeness (QED) is 0.705. The molecule has 1 heterocycles. The second-order valence-electron chi connectivity index (χ2n) is 2.92. The molecule has 72 valence electrons. The van der Waals surface area contributed by atoms with Crippen LogP contribution in [0.5, 0.6) is 5.75 Å². The Labute approximate surface area is 87.5 Å². The summed E-state index contributed by atoms with van der Waals surface area (Å²) in [6.45, 7) is 2.63. The van der Waals surface area contributed by atoms with Gasteiger partial charge in [-0.25, -0.2) is 4.98 Å². The zero-order valence-electron chi connectivity index (χ0n) is 7.83. The molecule has 0 spiro atoms. The summed E-state index contributed by atoms with van der Waals surface area (Å²) in [7, 11) is 0. The Kier molecular flexibility index (Phi) is 2.55. The molecular weight excluding hydrogens is 198 g/mol. The topological polar surface area (TPSA) is 22.1 Å². The number of aromatic nitrogens is 1. The van der Waals surface area contributed by atoms with Crippen molar-refractivity contribution < 1.29 is 4.74 Å². The molecule has 0 saturated carbocycles. The summed E-state index contributed by atoms with van der Waals surface area (Å²) < 4.78 is 5.39. The van der Waals surface area contributed by atoms with Gasteiger partial charge in [0.05, 0.1) is 6.61 Å². The maximum Gasteiger partial charge on any atom is 0.136 e. The molecule has 0 amide bonds. The van der Waals surface area contributed by atoms with Crippen molar-refractivity contribution in [1.82, 2.24) is 4.98 Å². The molecule has 2 rings (SSSR count). The molecule has 0 aliphatic carbocycles. The second-order valence-corrected chi connectivity index (χ2v) is 3.28. The minimum Gasteiger partial charge on any atom is -0.494 e. The zero-order valence-corrected chi connectivity index (χ0v) is 8.58. The van der Waals surface area contributed by atoms with Crippen LogP contribution in [-0.4, -0.2) is 11.6 Å². The van der Waals surface area contributed by atoms with Crippen molar-refractivity contribution in [1.29, 1.82) is 0 Å². The van der Waals surface area contributed by atoms with Crippen molar-refractivity contribution in [3.63, 3.8) is 0 Å². The zero-order chi connectivity index (χ0) is 9.97. The molecule has 0 aliphatic rings. The summed E-state index contributed by atoms with van der Waals surface area (Å²) in [5.41, 5.74) is 0. The second kappa shape index (κ2) is 3.84. The van der Waals surface area contributed by atoms with Crippen molar-refractivity contribution in [2.75, 3.05) is 6.61 Å². The first-order chi connectivity index (χ1) is 6.81. The third-order valence-corrected chi connectivity index (χ3v) is 2.30. The number of benzene rings is 1. The summed E-state index contributed by atoms with van der Waals surface area (Å²) in [5.74, 6) is 0.863. The standard InChI is InChI=1S/C11H10ClNO/c1-2-14-9-3-4-10-8(7-9)5-6-13-11(10)12/h3-7H,2H2,1H3. The van der Waals surface area contributed by atoms with Crippen LogP contribution in [0.15, 0.2) is 30.5 Å². The Bertz CT molecular complexity index is 456. The number of rotatable bonds is 2. The van der Waals surface area contributed by atoms with E-state index in [1.165, 1.54) is 0 Å². The summed E-state index contributed by atoms with van der Waals surface area (Å²) in [5, 5.41) is 2.54. The van der Waals surface area contributed by atoms with Crippen LogP contribution in [0, 0.1) is 0 Å². The average Bonchev–Trinajstić information content (AvgIpc) is 2.18. The highest BCUT2D eigenvalue weighted by Crippen LogP contribution is 2.24. The lowest BCUT2D eigenvalue weighted by atomic mass is 10.2. The van der Waals surface area contributed by atoms with Crippen LogP contribution in [0.25, 0.3) is 10.8 Å². The predicted octanol–water partition coefficient (Wildman–Crippen LogP) is 3.29. The summed E-state index contributed by atoms with van der Waals surface area (Å²) in [4.78, 5) is 4.01.